The van der Waals surface area contributed by atoms with Crippen LogP contribution in [0.25, 0.3) is 0 Å². The third-order valence-electron chi connectivity index (χ3n) is 3.38. The molecule has 2 aromatic rings. The number of benzene rings is 2. The smallest absolute Gasteiger partial charge is 0.258 e. The lowest BCUT2D eigenvalue weighted by atomic mass is 10.1. The van der Waals surface area contributed by atoms with Gasteiger partial charge in [-0.3, -0.25) is 9.59 Å². The number of aryl methyl sites for hydroxylation is 1. The highest BCUT2D eigenvalue weighted by Crippen LogP contribution is 2.27. The number of halogens is 2. The number of carbonyl (C=O) groups is 2. The molecule has 0 bridgehead atoms. The van der Waals surface area contributed by atoms with E-state index in [9.17, 15) is 9.59 Å². The van der Waals surface area contributed by atoms with Crippen LogP contribution in [0.4, 0.5) is 0 Å². The lowest BCUT2D eigenvalue weighted by molar-refractivity contribution is -0.123. The predicted octanol–water partition coefficient (Wildman–Crippen LogP) is 3.23. The summed E-state index contributed by atoms with van der Waals surface area (Å²) in [6, 6.07) is 12.1. The van der Waals surface area contributed by atoms with Crippen LogP contribution in [-0.2, 0) is 4.79 Å². The van der Waals surface area contributed by atoms with E-state index in [1.54, 1.807) is 18.2 Å². The van der Waals surface area contributed by atoms with Crippen LogP contribution in [0.5, 0.6) is 5.75 Å². The average Bonchev–Trinajstić information content (AvgIpc) is 2.58. The van der Waals surface area contributed by atoms with E-state index in [-0.39, 0.29) is 18.4 Å². The van der Waals surface area contributed by atoms with Gasteiger partial charge in [0.15, 0.2) is 6.61 Å². The zero-order chi connectivity index (χ0) is 18.2. The van der Waals surface area contributed by atoms with Gasteiger partial charge < -0.3 is 15.4 Å². The maximum atomic E-state index is 12.0. The molecule has 5 nitrogen and oxygen atoms in total. The zero-order valence-electron chi connectivity index (χ0n) is 13.6. The quantitative estimate of drug-likeness (QED) is 0.724. The molecule has 0 saturated heterocycles. The predicted molar refractivity (Wildman–Crippen MR) is 98.5 cm³/mol. The van der Waals surface area contributed by atoms with Gasteiger partial charge in [-0.1, -0.05) is 41.4 Å². The van der Waals surface area contributed by atoms with Gasteiger partial charge >= 0.3 is 0 Å². The molecule has 2 rings (SSSR count). The summed E-state index contributed by atoms with van der Waals surface area (Å²) in [5, 5.41) is 6.24. The molecule has 2 amide bonds. The Morgan fingerprint density at radius 2 is 1.76 bits per heavy atom. The molecule has 132 valence electrons. The third-order valence-corrected chi connectivity index (χ3v) is 3.91. The molecule has 0 spiro atoms. The van der Waals surface area contributed by atoms with E-state index in [1.165, 1.54) is 6.07 Å². The summed E-state index contributed by atoms with van der Waals surface area (Å²) in [6.45, 7) is 2.32. The molecule has 2 N–H and O–H groups in total. The third kappa shape index (κ3) is 5.96. The Balaban J connectivity index is 1.68. The number of hydrogen-bond donors (Lipinski definition) is 2. The fourth-order valence-corrected chi connectivity index (χ4v) is 2.55. The topological polar surface area (TPSA) is 67.4 Å². The van der Waals surface area contributed by atoms with E-state index in [0.29, 0.717) is 34.4 Å². The molecule has 0 aliphatic heterocycles. The molecular formula is C18H18Cl2N2O3. The van der Waals surface area contributed by atoms with Crippen molar-refractivity contribution >= 4 is 35.0 Å². The van der Waals surface area contributed by atoms with E-state index in [2.05, 4.69) is 10.6 Å². The van der Waals surface area contributed by atoms with Crippen molar-refractivity contribution in [3.63, 3.8) is 0 Å². The van der Waals surface area contributed by atoms with Crippen molar-refractivity contribution in [2.45, 2.75) is 6.92 Å². The molecule has 0 aromatic heterocycles. The first-order valence-electron chi connectivity index (χ1n) is 7.66. The normalized spacial score (nSPS) is 10.2. The van der Waals surface area contributed by atoms with E-state index >= 15 is 0 Å². The standard InChI is InChI=1S/C18H18Cl2N2O3/c1-12-4-2-3-5-14(12)18(24)22-9-8-21-17(23)11-25-16-7-6-13(19)10-15(16)20/h2-7,10H,8-9,11H2,1H3,(H,21,23)(H,22,24). The average molecular weight is 381 g/mol. The van der Waals surface area contributed by atoms with E-state index in [4.69, 9.17) is 27.9 Å². The lowest BCUT2D eigenvalue weighted by Gasteiger charge is -2.10. The van der Waals surface area contributed by atoms with Crippen LogP contribution in [-0.4, -0.2) is 31.5 Å². The summed E-state index contributed by atoms with van der Waals surface area (Å²) in [7, 11) is 0. The zero-order valence-corrected chi connectivity index (χ0v) is 15.2. The van der Waals surface area contributed by atoms with Gasteiger partial charge in [0.25, 0.3) is 11.8 Å². The Bertz CT molecular complexity index is 766. The van der Waals surface area contributed by atoms with E-state index in [1.807, 2.05) is 25.1 Å². The second kappa shape index (κ2) is 9.30. The molecule has 0 aliphatic rings. The fourth-order valence-electron chi connectivity index (χ4n) is 2.09. The summed E-state index contributed by atoms with van der Waals surface area (Å²) in [5.41, 5.74) is 1.52. The number of nitrogens with one attached hydrogen (secondary N) is 2. The largest absolute Gasteiger partial charge is 0.482 e. The highest BCUT2D eigenvalue weighted by atomic mass is 35.5. The van der Waals surface area contributed by atoms with Crippen molar-refractivity contribution in [1.29, 1.82) is 0 Å². The molecule has 2 aromatic carbocycles. The Morgan fingerprint density at radius 3 is 2.48 bits per heavy atom. The van der Waals surface area contributed by atoms with Gasteiger partial charge in [0.1, 0.15) is 5.75 Å². The minimum atomic E-state index is -0.309. The Kier molecular flexibility index (Phi) is 7.10. The van der Waals surface area contributed by atoms with Gasteiger partial charge in [-0.05, 0) is 36.8 Å². The molecule has 0 fully saturated rings. The van der Waals surface area contributed by atoms with Crippen molar-refractivity contribution in [1.82, 2.24) is 10.6 Å². The van der Waals surface area contributed by atoms with Crippen LogP contribution >= 0.6 is 23.2 Å². The van der Waals surface area contributed by atoms with Crippen molar-refractivity contribution < 1.29 is 14.3 Å². The van der Waals surface area contributed by atoms with Crippen molar-refractivity contribution in [2.24, 2.45) is 0 Å². The second-order valence-electron chi connectivity index (χ2n) is 5.28. The monoisotopic (exact) mass is 380 g/mol. The van der Waals surface area contributed by atoms with Crippen molar-refractivity contribution in [2.75, 3.05) is 19.7 Å². The van der Waals surface area contributed by atoms with Gasteiger partial charge in [0, 0.05) is 23.7 Å². The molecule has 0 heterocycles. The molecule has 0 unspecified atom stereocenters. The SMILES string of the molecule is Cc1ccccc1C(=O)NCCNC(=O)COc1ccc(Cl)cc1Cl. The van der Waals surface area contributed by atoms with Gasteiger partial charge in [0.2, 0.25) is 0 Å². The van der Waals surface area contributed by atoms with E-state index < -0.39 is 0 Å². The first-order chi connectivity index (χ1) is 12.0. The number of rotatable bonds is 7. The summed E-state index contributed by atoms with van der Waals surface area (Å²) in [4.78, 5) is 23.8. The van der Waals surface area contributed by atoms with E-state index in [0.717, 1.165) is 5.56 Å². The van der Waals surface area contributed by atoms with Crippen LogP contribution in [0.15, 0.2) is 42.5 Å². The maximum absolute atomic E-state index is 12.0. The molecule has 0 radical (unpaired) electrons. The van der Waals surface area contributed by atoms with Crippen LogP contribution in [0.3, 0.4) is 0 Å². The van der Waals surface area contributed by atoms with Gasteiger partial charge in [-0.2, -0.15) is 0 Å². The van der Waals surface area contributed by atoms with Crippen LogP contribution in [0.1, 0.15) is 15.9 Å². The number of carbonyl (C=O) groups excluding carboxylic acids is 2. The van der Waals surface area contributed by atoms with Crippen LogP contribution < -0.4 is 15.4 Å². The summed E-state index contributed by atoms with van der Waals surface area (Å²) < 4.78 is 5.33. The van der Waals surface area contributed by atoms with Crippen LogP contribution in [0.2, 0.25) is 10.0 Å². The molecule has 0 atom stereocenters. The second-order valence-corrected chi connectivity index (χ2v) is 6.13. The molecule has 25 heavy (non-hydrogen) atoms. The van der Waals surface area contributed by atoms with Crippen molar-refractivity contribution in [3.8, 4) is 5.75 Å². The molecule has 0 aliphatic carbocycles. The number of hydrogen-bond acceptors (Lipinski definition) is 3. The Morgan fingerprint density at radius 1 is 1.04 bits per heavy atom. The van der Waals surface area contributed by atoms with Gasteiger partial charge in [-0.25, -0.2) is 0 Å². The highest BCUT2D eigenvalue weighted by Gasteiger charge is 2.08. The van der Waals surface area contributed by atoms with Crippen molar-refractivity contribution in [3.05, 3.63) is 63.6 Å². The maximum Gasteiger partial charge on any atom is 0.258 e. The van der Waals surface area contributed by atoms with Gasteiger partial charge in [0.05, 0.1) is 5.02 Å². The Hall–Kier alpha value is -2.24. The summed E-state index contributed by atoms with van der Waals surface area (Å²) >= 11 is 11.7. The van der Waals surface area contributed by atoms with Crippen LogP contribution in [0, 0.1) is 6.92 Å². The lowest BCUT2D eigenvalue weighted by Crippen LogP contribution is -2.37. The number of ether oxygens (including phenoxy) is 1. The number of amides is 2. The minimum Gasteiger partial charge on any atom is -0.482 e. The van der Waals surface area contributed by atoms with Gasteiger partial charge in [-0.15, -0.1) is 0 Å². The molecule has 0 saturated carbocycles. The molecule has 7 heteroatoms. The molecular weight excluding hydrogens is 363 g/mol. The summed E-state index contributed by atoms with van der Waals surface area (Å²) in [5.74, 6) is -0.0956. The first kappa shape index (κ1) is 19.1. The first-order valence-corrected chi connectivity index (χ1v) is 8.41. The Labute approximate surface area is 156 Å². The highest BCUT2D eigenvalue weighted by molar-refractivity contribution is 6.35. The fraction of sp³-hybridized carbons (Fsp3) is 0.222. The minimum absolute atomic E-state index is 0.170. The summed E-state index contributed by atoms with van der Waals surface area (Å²) in [6.07, 6.45) is 0.